The molecule has 0 unspecified atom stereocenters. The summed E-state index contributed by atoms with van der Waals surface area (Å²) in [4.78, 5) is 23.4. The predicted octanol–water partition coefficient (Wildman–Crippen LogP) is 0.545. The van der Waals surface area contributed by atoms with Gasteiger partial charge in [-0.2, -0.15) is 0 Å². The highest BCUT2D eigenvalue weighted by Gasteiger charge is 2.49. The van der Waals surface area contributed by atoms with Crippen LogP contribution in [-0.4, -0.2) is 25.6 Å². The van der Waals surface area contributed by atoms with Gasteiger partial charge in [-0.15, -0.1) is 0 Å². The van der Waals surface area contributed by atoms with E-state index in [1.165, 1.54) is 0 Å². The maximum absolute atomic E-state index is 12.0. The van der Waals surface area contributed by atoms with Gasteiger partial charge in [-0.3, -0.25) is 10.1 Å². The van der Waals surface area contributed by atoms with Crippen LogP contribution in [-0.2, 0) is 10.3 Å². The second-order valence-electron chi connectivity index (χ2n) is 4.40. The summed E-state index contributed by atoms with van der Waals surface area (Å²) >= 11 is 0. The molecule has 3 rings (SSSR count). The van der Waals surface area contributed by atoms with E-state index in [0.717, 1.165) is 11.3 Å². The van der Waals surface area contributed by atoms with Crippen LogP contribution < -0.4 is 20.7 Å². The van der Waals surface area contributed by atoms with Crippen molar-refractivity contribution < 1.29 is 14.3 Å². The Bertz CT molecular complexity index is 543. The molecule has 18 heavy (non-hydrogen) atoms. The topological polar surface area (TPSA) is 79.5 Å². The number of nitrogens with one attached hydrogen (secondary N) is 3. The minimum absolute atomic E-state index is 0.291. The van der Waals surface area contributed by atoms with Gasteiger partial charge in [-0.05, 0) is 6.07 Å². The lowest BCUT2D eigenvalue weighted by molar-refractivity contribution is -0.124. The van der Waals surface area contributed by atoms with Crippen LogP contribution in [0, 0.1) is 0 Å². The molecular weight excluding hydrogens is 234 g/mol. The summed E-state index contributed by atoms with van der Waals surface area (Å²) in [5, 5.41) is 8.24. The summed E-state index contributed by atoms with van der Waals surface area (Å²) in [6, 6.07) is 4.98. The number of urea groups is 1. The summed E-state index contributed by atoms with van der Waals surface area (Å²) in [6.45, 7) is 0.619. The van der Waals surface area contributed by atoms with Crippen molar-refractivity contribution in [2.24, 2.45) is 0 Å². The zero-order chi connectivity index (χ0) is 12.8. The van der Waals surface area contributed by atoms with Gasteiger partial charge in [0.1, 0.15) is 11.3 Å². The molecule has 0 aromatic heterocycles. The first-order chi connectivity index (χ1) is 8.65. The van der Waals surface area contributed by atoms with Gasteiger partial charge in [-0.25, -0.2) is 4.79 Å². The molecule has 0 radical (unpaired) electrons. The summed E-state index contributed by atoms with van der Waals surface area (Å²) in [5.41, 5.74) is 0.653. The molecule has 2 heterocycles. The molecule has 3 amide bonds. The summed E-state index contributed by atoms with van der Waals surface area (Å²) in [7, 11) is 1.59. The van der Waals surface area contributed by atoms with Gasteiger partial charge < -0.3 is 15.4 Å². The van der Waals surface area contributed by atoms with E-state index in [1.807, 2.05) is 12.1 Å². The van der Waals surface area contributed by atoms with Crippen LogP contribution in [0.2, 0.25) is 0 Å². The number of carbonyl (C=O) groups excluding carboxylic acids is 2. The quantitative estimate of drug-likeness (QED) is 0.633. The molecule has 1 spiro atoms. The smallest absolute Gasteiger partial charge is 0.322 e. The lowest BCUT2D eigenvalue weighted by atomic mass is 9.83. The Hall–Kier alpha value is -2.24. The number of anilines is 1. The molecule has 1 saturated heterocycles. The molecule has 6 nitrogen and oxygen atoms in total. The van der Waals surface area contributed by atoms with E-state index < -0.39 is 11.6 Å². The van der Waals surface area contributed by atoms with Crippen molar-refractivity contribution in [1.29, 1.82) is 0 Å². The first-order valence-corrected chi connectivity index (χ1v) is 5.72. The maximum Gasteiger partial charge on any atom is 0.322 e. The molecule has 2 aliphatic heterocycles. The van der Waals surface area contributed by atoms with E-state index in [-0.39, 0.29) is 5.91 Å². The normalized spacial score (nSPS) is 25.2. The Morgan fingerprint density at radius 1 is 1.33 bits per heavy atom. The fraction of sp³-hybridized carbons (Fsp3) is 0.333. The number of amides is 3. The van der Waals surface area contributed by atoms with Crippen LogP contribution in [0.1, 0.15) is 12.0 Å². The third-order valence-corrected chi connectivity index (χ3v) is 3.44. The third kappa shape index (κ3) is 1.35. The summed E-state index contributed by atoms with van der Waals surface area (Å²) < 4.78 is 5.15. The van der Waals surface area contributed by atoms with Crippen LogP contribution in [0.4, 0.5) is 10.5 Å². The minimum atomic E-state index is -0.941. The number of hydrogen-bond acceptors (Lipinski definition) is 4. The SMILES string of the molecule is COc1ccc2c(c1)NCC[C@@]21NC(=O)NC1=O. The number of ether oxygens (including phenoxy) is 1. The first-order valence-electron chi connectivity index (χ1n) is 5.72. The second kappa shape index (κ2) is 3.63. The van der Waals surface area contributed by atoms with Crippen molar-refractivity contribution in [3.63, 3.8) is 0 Å². The highest BCUT2D eigenvalue weighted by atomic mass is 16.5. The standard InChI is InChI=1S/C12H13N3O3/c1-18-7-2-3-8-9(6-7)13-5-4-12(8)10(16)14-11(17)15-12/h2-3,6,13H,4-5H2,1H3,(H2,14,15,16,17)/t12-/m1/s1. The predicted molar refractivity (Wildman–Crippen MR) is 64.5 cm³/mol. The van der Waals surface area contributed by atoms with Crippen molar-refractivity contribution in [3.8, 4) is 5.75 Å². The lowest BCUT2D eigenvalue weighted by Gasteiger charge is -2.33. The third-order valence-electron chi connectivity index (χ3n) is 3.44. The van der Waals surface area contributed by atoms with Gasteiger partial charge in [0.05, 0.1) is 7.11 Å². The largest absolute Gasteiger partial charge is 0.497 e. The van der Waals surface area contributed by atoms with Crippen molar-refractivity contribution >= 4 is 17.6 Å². The molecule has 6 heteroatoms. The summed E-state index contributed by atoms with van der Waals surface area (Å²) in [5.74, 6) is 0.420. The second-order valence-corrected chi connectivity index (χ2v) is 4.40. The van der Waals surface area contributed by atoms with Gasteiger partial charge in [-0.1, -0.05) is 6.07 Å². The molecular formula is C12H13N3O3. The van der Waals surface area contributed by atoms with E-state index in [0.29, 0.717) is 18.7 Å². The molecule has 1 aromatic carbocycles. The Morgan fingerprint density at radius 3 is 2.83 bits per heavy atom. The Kier molecular flexibility index (Phi) is 2.19. The van der Waals surface area contributed by atoms with E-state index >= 15 is 0 Å². The molecule has 94 valence electrons. The molecule has 0 saturated carbocycles. The molecule has 3 N–H and O–H groups in total. The Morgan fingerprint density at radius 2 is 2.17 bits per heavy atom. The number of benzene rings is 1. The monoisotopic (exact) mass is 247 g/mol. The van der Waals surface area contributed by atoms with Crippen LogP contribution in [0.15, 0.2) is 18.2 Å². The van der Waals surface area contributed by atoms with Crippen LogP contribution >= 0.6 is 0 Å². The van der Waals surface area contributed by atoms with Crippen LogP contribution in [0.5, 0.6) is 5.75 Å². The van der Waals surface area contributed by atoms with Crippen LogP contribution in [0.25, 0.3) is 0 Å². The average Bonchev–Trinajstić information content (AvgIpc) is 2.64. The average molecular weight is 247 g/mol. The van der Waals surface area contributed by atoms with Gasteiger partial charge in [0.15, 0.2) is 0 Å². The van der Waals surface area contributed by atoms with Gasteiger partial charge in [0.2, 0.25) is 0 Å². The fourth-order valence-electron chi connectivity index (χ4n) is 2.55. The molecule has 1 fully saturated rings. The van der Waals surface area contributed by atoms with Crippen molar-refractivity contribution in [2.75, 3.05) is 19.0 Å². The molecule has 0 aliphatic carbocycles. The number of fused-ring (bicyclic) bond motifs is 2. The Balaban J connectivity index is 2.12. The van der Waals surface area contributed by atoms with E-state index in [1.54, 1.807) is 13.2 Å². The highest BCUT2D eigenvalue weighted by Crippen LogP contribution is 2.38. The number of methoxy groups -OCH3 is 1. The number of hydrogen-bond donors (Lipinski definition) is 3. The minimum Gasteiger partial charge on any atom is -0.497 e. The van der Waals surface area contributed by atoms with Gasteiger partial charge in [0, 0.05) is 30.3 Å². The van der Waals surface area contributed by atoms with Crippen LogP contribution in [0.3, 0.4) is 0 Å². The van der Waals surface area contributed by atoms with Crippen molar-refractivity contribution in [3.05, 3.63) is 23.8 Å². The lowest BCUT2D eigenvalue weighted by Crippen LogP contribution is -2.47. The number of carbonyl (C=O) groups is 2. The zero-order valence-electron chi connectivity index (χ0n) is 9.87. The van der Waals surface area contributed by atoms with E-state index in [9.17, 15) is 9.59 Å². The fourth-order valence-corrected chi connectivity index (χ4v) is 2.55. The zero-order valence-corrected chi connectivity index (χ0v) is 9.87. The van der Waals surface area contributed by atoms with Gasteiger partial charge in [0.25, 0.3) is 5.91 Å². The van der Waals surface area contributed by atoms with Gasteiger partial charge >= 0.3 is 6.03 Å². The molecule has 1 atom stereocenters. The summed E-state index contributed by atoms with van der Waals surface area (Å²) in [6.07, 6.45) is 0.532. The van der Waals surface area contributed by atoms with E-state index in [4.69, 9.17) is 4.74 Å². The number of imide groups is 1. The van der Waals surface area contributed by atoms with Crippen molar-refractivity contribution in [2.45, 2.75) is 12.0 Å². The molecule has 0 bridgehead atoms. The van der Waals surface area contributed by atoms with Crippen molar-refractivity contribution in [1.82, 2.24) is 10.6 Å². The Labute approximate surface area is 104 Å². The molecule has 1 aromatic rings. The maximum atomic E-state index is 12.0. The highest BCUT2D eigenvalue weighted by molar-refractivity contribution is 6.08. The molecule has 2 aliphatic rings. The van der Waals surface area contributed by atoms with E-state index in [2.05, 4.69) is 16.0 Å². The number of rotatable bonds is 1. The first kappa shape index (κ1) is 10.9.